The molecule has 0 aromatic carbocycles. The van der Waals surface area contributed by atoms with Crippen molar-refractivity contribution in [2.75, 3.05) is 0 Å². The highest BCUT2D eigenvalue weighted by atomic mass is 32.2. The monoisotopic (exact) mass is 277 g/mol. The van der Waals surface area contributed by atoms with Crippen LogP contribution in [0.3, 0.4) is 0 Å². The molecule has 0 spiro atoms. The molecule has 0 bridgehead atoms. The normalized spacial score (nSPS) is 11.2. The van der Waals surface area contributed by atoms with Crippen LogP contribution < -0.4 is 0 Å². The van der Waals surface area contributed by atoms with Gasteiger partial charge in [-0.2, -0.15) is 0 Å². The molecule has 0 radical (unpaired) electrons. The molecule has 0 aliphatic carbocycles. The molecular weight excluding hydrogens is 258 g/mol. The molecule has 2 heterocycles. The number of aliphatic hydroxyl groups excluding tert-OH is 1. The Balaban J connectivity index is 2.06. The minimum atomic E-state index is 0.0190. The molecule has 0 atom stereocenters. The van der Waals surface area contributed by atoms with Gasteiger partial charge in [0.1, 0.15) is 0 Å². The molecule has 5 heteroatoms. The number of nitrogens with zero attached hydrogens (tertiary/aromatic N) is 3. The maximum absolute atomic E-state index is 9.13. The first-order valence-electron chi connectivity index (χ1n) is 6.32. The van der Waals surface area contributed by atoms with E-state index in [0.717, 1.165) is 28.0 Å². The highest BCUT2D eigenvalue weighted by Crippen LogP contribution is 2.22. The molecule has 4 nitrogen and oxygen atoms in total. The van der Waals surface area contributed by atoms with Gasteiger partial charge in [-0.3, -0.25) is 4.98 Å². The lowest BCUT2D eigenvalue weighted by molar-refractivity contribution is 0.271. The second-order valence-electron chi connectivity index (χ2n) is 4.75. The molecule has 0 unspecified atom stereocenters. The lowest BCUT2D eigenvalue weighted by Crippen LogP contribution is -1.99. The highest BCUT2D eigenvalue weighted by Gasteiger charge is 2.08. The first-order valence-corrected chi connectivity index (χ1v) is 7.30. The summed E-state index contributed by atoms with van der Waals surface area (Å²) in [6.07, 6.45) is 1.71. The van der Waals surface area contributed by atoms with Crippen LogP contribution in [0.5, 0.6) is 0 Å². The Bertz CT molecular complexity index is 551. The third-order valence-corrected chi connectivity index (χ3v) is 4.05. The maximum Gasteiger partial charge on any atom is 0.168 e. The Morgan fingerprint density at radius 2 is 2.16 bits per heavy atom. The van der Waals surface area contributed by atoms with E-state index in [-0.39, 0.29) is 6.61 Å². The summed E-state index contributed by atoms with van der Waals surface area (Å²) in [5.41, 5.74) is 3.00. The van der Waals surface area contributed by atoms with Crippen LogP contribution in [-0.4, -0.2) is 19.6 Å². The Labute approximate surface area is 117 Å². The second kappa shape index (κ2) is 6.21. The van der Waals surface area contributed by atoms with Crippen molar-refractivity contribution in [2.24, 2.45) is 7.05 Å². The Kier molecular flexibility index (Phi) is 4.61. The third-order valence-electron chi connectivity index (χ3n) is 2.97. The van der Waals surface area contributed by atoms with Crippen molar-refractivity contribution in [2.45, 2.75) is 37.3 Å². The van der Waals surface area contributed by atoms with E-state index >= 15 is 0 Å². The summed E-state index contributed by atoms with van der Waals surface area (Å²) in [5, 5.41) is 10.0. The first kappa shape index (κ1) is 14.1. The molecule has 1 N–H and O–H groups in total. The van der Waals surface area contributed by atoms with Crippen LogP contribution in [0.1, 0.15) is 36.8 Å². The van der Waals surface area contributed by atoms with Gasteiger partial charge >= 0.3 is 0 Å². The number of hydrogen-bond donors (Lipinski definition) is 1. The number of thioether (sulfide) groups is 1. The zero-order valence-corrected chi connectivity index (χ0v) is 12.3. The van der Waals surface area contributed by atoms with Gasteiger partial charge < -0.3 is 9.67 Å². The smallest absolute Gasteiger partial charge is 0.168 e. The predicted molar refractivity (Wildman–Crippen MR) is 77.0 cm³/mol. The summed E-state index contributed by atoms with van der Waals surface area (Å²) in [7, 11) is 1.92. The van der Waals surface area contributed by atoms with Crippen molar-refractivity contribution in [3.63, 3.8) is 0 Å². The largest absolute Gasteiger partial charge is 0.390 e. The van der Waals surface area contributed by atoms with Crippen molar-refractivity contribution in [1.29, 1.82) is 0 Å². The molecule has 0 saturated carbocycles. The van der Waals surface area contributed by atoms with Crippen LogP contribution >= 0.6 is 11.8 Å². The predicted octanol–water partition coefficient (Wildman–Crippen LogP) is 2.72. The minimum absolute atomic E-state index is 0.0190. The first-order chi connectivity index (χ1) is 9.11. The van der Waals surface area contributed by atoms with Crippen LogP contribution in [0.25, 0.3) is 0 Å². The van der Waals surface area contributed by atoms with E-state index < -0.39 is 0 Å². The van der Waals surface area contributed by atoms with Crippen LogP contribution in [0.4, 0.5) is 0 Å². The van der Waals surface area contributed by atoms with E-state index in [1.165, 1.54) is 0 Å². The quantitative estimate of drug-likeness (QED) is 0.854. The molecule has 2 rings (SSSR count). The molecule has 0 saturated heterocycles. The lowest BCUT2D eigenvalue weighted by Gasteiger charge is -2.07. The minimum Gasteiger partial charge on any atom is -0.390 e. The molecule has 2 aromatic rings. The average molecular weight is 277 g/mol. The van der Waals surface area contributed by atoms with Crippen molar-refractivity contribution in [3.8, 4) is 0 Å². The van der Waals surface area contributed by atoms with E-state index in [1.54, 1.807) is 18.0 Å². The number of aliphatic hydroxyl groups is 1. The summed E-state index contributed by atoms with van der Waals surface area (Å²) in [5.74, 6) is 1.23. The number of imidazole rings is 1. The Hall–Kier alpha value is -1.33. The van der Waals surface area contributed by atoms with Crippen LogP contribution in [0.15, 0.2) is 29.6 Å². The number of aromatic nitrogens is 3. The summed E-state index contributed by atoms with van der Waals surface area (Å²) >= 11 is 1.64. The number of rotatable bonds is 5. The molecule has 102 valence electrons. The summed E-state index contributed by atoms with van der Waals surface area (Å²) in [6.45, 7) is 4.31. The van der Waals surface area contributed by atoms with E-state index in [4.69, 9.17) is 5.11 Å². The second-order valence-corrected chi connectivity index (χ2v) is 5.69. The molecular formula is C14H19N3OS. The van der Waals surface area contributed by atoms with Crippen LogP contribution in [0.2, 0.25) is 0 Å². The standard InChI is InChI=1S/C14H19N3OS/c1-10(2)13-6-4-5-11(16-13)9-19-14-15-7-12(8-18)17(14)3/h4-7,10,18H,8-9H2,1-3H3. The lowest BCUT2D eigenvalue weighted by atomic mass is 10.1. The molecule has 2 aromatic heterocycles. The number of hydrogen-bond acceptors (Lipinski definition) is 4. The Morgan fingerprint density at radius 1 is 1.37 bits per heavy atom. The molecule has 0 aliphatic heterocycles. The zero-order valence-electron chi connectivity index (χ0n) is 11.5. The molecule has 0 amide bonds. The van der Waals surface area contributed by atoms with E-state index in [9.17, 15) is 0 Å². The third kappa shape index (κ3) is 3.36. The van der Waals surface area contributed by atoms with Crippen molar-refractivity contribution >= 4 is 11.8 Å². The topological polar surface area (TPSA) is 50.9 Å². The van der Waals surface area contributed by atoms with E-state index in [2.05, 4.69) is 35.9 Å². The van der Waals surface area contributed by atoms with Gasteiger partial charge in [-0.05, 0) is 18.1 Å². The average Bonchev–Trinajstić information content (AvgIpc) is 2.77. The molecule has 0 aliphatic rings. The van der Waals surface area contributed by atoms with Crippen molar-refractivity contribution < 1.29 is 5.11 Å². The summed E-state index contributed by atoms with van der Waals surface area (Å²) in [4.78, 5) is 8.93. The van der Waals surface area contributed by atoms with Gasteiger partial charge in [0.2, 0.25) is 0 Å². The van der Waals surface area contributed by atoms with Gasteiger partial charge in [0.25, 0.3) is 0 Å². The maximum atomic E-state index is 9.13. The fourth-order valence-electron chi connectivity index (χ4n) is 1.75. The fourth-order valence-corrected chi connectivity index (χ4v) is 2.62. The number of pyridine rings is 1. The van der Waals surface area contributed by atoms with Crippen molar-refractivity contribution in [3.05, 3.63) is 41.5 Å². The molecule has 0 fully saturated rings. The van der Waals surface area contributed by atoms with Gasteiger partial charge in [-0.15, -0.1) is 0 Å². The summed E-state index contributed by atoms with van der Waals surface area (Å²) < 4.78 is 1.91. The fraction of sp³-hybridized carbons (Fsp3) is 0.429. The van der Waals surface area contributed by atoms with Gasteiger partial charge in [-0.25, -0.2) is 4.98 Å². The van der Waals surface area contributed by atoms with Crippen LogP contribution in [0, 0.1) is 0 Å². The van der Waals surface area contributed by atoms with Gasteiger partial charge in [0.05, 0.1) is 24.2 Å². The van der Waals surface area contributed by atoms with Gasteiger partial charge in [0.15, 0.2) is 5.16 Å². The van der Waals surface area contributed by atoms with E-state index in [1.807, 2.05) is 17.7 Å². The van der Waals surface area contributed by atoms with Gasteiger partial charge in [-0.1, -0.05) is 31.7 Å². The van der Waals surface area contributed by atoms with Gasteiger partial charge in [0, 0.05) is 18.5 Å². The summed E-state index contributed by atoms with van der Waals surface area (Å²) in [6, 6.07) is 6.15. The van der Waals surface area contributed by atoms with Crippen LogP contribution in [-0.2, 0) is 19.4 Å². The highest BCUT2D eigenvalue weighted by molar-refractivity contribution is 7.98. The zero-order chi connectivity index (χ0) is 13.8. The van der Waals surface area contributed by atoms with E-state index in [0.29, 0.717) is 5.92 Å². The SMILES string of the molecule is CC(C)c1cccc(CSc2ncc(CO)n2C)n1. The molecule has 19 heavy (non-hydrogen) atoms. The van der Waals surface area contributed by atoms with Crippen molar-refractivity contribution in [1.82, 2.24) is 14.5 Å². The Morgan fingerprint density at radius 3 is 2.79 bits per heavy atom.